The Morgan fingerprint density at radius 2 is 1.87 bits per heavy atom. The molecule has 0 spiro atoms. The normalized spacial score (nSPS) is 9.93. The van der Waals surface area contributed by atoms with Crippen molar-refractivity contribution in [1.29, 1.82) is 0 Å². The van der Waals surface area contributed by atoms with Gasteiger partial charge in [-0.1, -0.05) is 30.3 Å². The number of benzene rings is 1. The monoisotopic (exact) mass is 202 g/mol. The van der Waals surface area contributed by atoms with E-state index in [0.29, 0.717) is 11.3 Å². The predicted octanol–water partition coefficient (Wildman–Crippen LogP) is 2.32. The first kappa shape index (κ1) is 9.52. The van der Waals surface area contributed by atoms with Crippen molar-refractivity contribution >= 4 is 0 Å². The maximum atomic E-state index is 11.6. The van der Waals surface area contributed by atoms with Crippen molar-refractivity contribution in [3.05, 3.63) is 53.1 Å². The minimum absolute atomic E-state index is 0.388. The Balaban J connectivity index is 2.67. The maximum Gasteiger partial charge on any atom is 0.347 e. The van der Waals surface area contributed by atoms with Gasteiger partial charge in [0.2, 0.25) is 0 Å². The third-order valence-electron chi connectivity index (χ3n) is 2.13. The van der Waals surface area contributed by atoms with Crippen LogP contribution >= 0.6 is 0 Å². The van der Waals surface area contributed by atoms with Crippen molar-refractivity contribution in [1.82, 2.24) is 0 Å². The average Bonchev–Trinajstić information content (AvgIpc) is 2.29. The van der Waals surface area contributed by atoms with Gasteiger partial charge in [0.15, 0.2) is 0 Å². The van der Waals surface area contributed by atoms with Crippen molar-refractivity contribution in [2.75, 3.05) is 7.11 Å². The first-order valence-electron chi connectivity index (χ1n) is 4.54. The largest absolute Gasteiger partial charge is 0.496 e. The molecule has 76 valence electrons. The molecule has 1 aromatic heterocycles. The molecule has 0 aliphatic carbocycles. The van der Waals surface area contributed by atoms with E-state index in [1.807, 2.05) is 30.3 Å². The molecule has 15 heavy (non-hydrogen) atoms. The molecule has 0 aliphatic rings. The third-order valence-corrected chi connectivity index (χ3v) is 2.13. The molecule has 0 aliphatic heterocycles. The summed E-state index contributed by atoms with van der Waals surface area (Å²) in [7, 11) is 1.53. The molecule has 3 nitrogen and oxygen atoms in total. The first-order chi connectivity index (χ1) is 7.33. The van der Waals surface area contributed by atoms with E-state index in [2.05, 4.69) is 0 Å². The Bertz CT molecular complexity index is 500. The predicted molar refractivity (Wildman–Crippen MR) is 57.0 cm³/mol. The van der Waals surface area contributed by atoms with Gasteiger partial charge < -0.3 is 9.15 Å². The van der Waals surface area contributed by atoms with Gasteiger partial charge in [0.25, 0.3) is 0 Å². The molecule has 2 rings (SSSR count). The average molecular weight is 202 g/mol. The molecule has 0 bridgehead atoms. The highest BCUT2D eigenvalue weighted by molar-refractivity contribution is 5.68. The second-order valence-electron chi connectivity index (χ2n) is 3.02. The quantitative estimate of drug-likeness (QED) is 0.750. The lowest BCUT2D eigenvalue weighted by atomic mass is 10.1. The van der Waals surface area contributed by atoms with Crippen LogP contribution in [0.15, 0.2) is 51.9 Å². The van der Waals surface area contributed by atoms with Gasteiger partial charge >= 0.3 is 5.63 Å². The van der Waals surface area contributed by atoms with Crippen molar-refractivity contribution in [2.45, 2.75) is 0 Å². The summed E-state index contributed by atoms with van der Waals surface area (Å²) in [5, 5.41) is 0. The summed E-state index contributed by atoms with van der Waals surface area (Å²) in [6, 6.07) is 10.9. The highest BCUT2D eigenvalue weighted by atomic mass is 16.5. The van der Waals surface area contributed by atoms with E-state index in [1.54, 1.807) is 6.07 Å². The maximum absolute atomic E-state index is 11.6. The summed E-state index contributed by atoms with van der Waals surface area (Å²) < 4.78 is 9.94. The van der Waals surface area contributed by atoms with Crippen LogP contribution in [0, 0.1) is 0 Å². The van der Waals surface area contributed by atoms with E-state index < -0.39 is 0 Å². The van der Waals surface area contributed by atoms with Crippen molar-refractivity contribution < 1.29 is 9.15 Å². The fourth-order valence-electron chi connectivity index (χ4n) is 1.44. The molecule has 0 N–H and O–H groups in total. The Hall–Kier alpha value is -2.03. The van der Waals surface area contributed by atoms with Gasteiger partial charge in [-0.15, -0.1) is 0 Å². The number of hydrogen-bond donors (Lipinski definition) is 0. The second-order valence-corrected chi connectivity index (χ2v) is 3.02. The van der Waals surface area contributed by atoms with Crippen LogP contribution in [0.1, 0.15) is 0 Å². The molecule has 0 saturated heterocycles. The van der Waals surface area contributed by atoms with Gasteiger partial charge in [-0.05, 0) is 5.56 Å². The molecule has 0 saturated carbocycles. The minimum atomic E-state index is -0.388. The molecule has 3 heteroatoms. The van der Waals surface area contributed by atoms with Gasteiger partial charge in [0.1, 0.15) is 11.3 Å². The Morgan fingerprint density at radius 1 is 1.13 bits per heavy atom. The van der Waals surface area contributed by atoms with Gasteiger partial charge in [0.05, 0.1) is 13.4 Å². The number of ether oxygens (including phenoxy) is 1. The Kier molecular flexibility index (Phi) is 2.54. The van der Waals surface area contributed by atoms with E-state index in [4.69, 9.17) is 9.15 Å². The number of rotatable bonds is 2. The molecule has 0 fully saturated rings. The summed E-state index contributed by atoms with van der Waals surface area (Å²) in [6.07, 6.45) is 1.33. The lowest BCUT2D eigenvalue weighted by Crippen LogP contribution is -2.04. The number of hydrogen-bond acceptors (Lipinski definition) is 3. The fourth-order valence-corrected chi connectivity index (χ4v) is 1.44. The zero-order chi connectivity index (χ0) is 10.7. The summed E-state index contributed by atoms with van der Waals surface area (Å²) in [4.78, 5) is 11.6. The SMILES string of the molecule is COc1ccoc(=O)c1-c1ccccc1. The summed E-state index contributed by atoms with van der Waals surface area (Å²) in [5.74, 6) is 0.525. The number of methoxy groups -OCH3 is 1. The van der Waals surface area contributed by atoms with Crippen LogP contribution in [0.5, 0.6) is 5.75 Å². The van der Waals surface area contributed by atoms with Gasteiger partial charge in [0, 0.05) is 6.07 Å². The van der Waals surface area contributed by atoms with Crippen LogP contribution in [0.25, 0.3) is 11.1 Å². The molecular formula is C12H10O3. The van der Waals surface area contributed by atoms with Gasteiger partial charge in [-0.2, -0.15) is 0 Å². The topological polar surface area (TPSA) is 39.4 Å². The van der Waals surface area contributed by atoms with Crippen LogP contribution in [0.2, 0.25) is 0 Å². The van der Waals surface area contributed by atoms with Crippen LogP contribution < -0.4 is 10.4 Å². The lowest BCUT2D eigenvalue weighted by Gasteiger charge is -2.05. The molecule has 1 heterocycles. The zero-order valence-corrected chi connectivity index (χ0v) is 8.27. The van der Waals surface area contributed by atoms with Crippen LogP contribution in [-0.2, 0) is 0 Å². The van der Waals surface area contributed by atoms with E-state index in [9.17, 15) is 4.79 Å². The molecule has 0 radical (unpaired) electrons. The van der Waals surface area contributed by atoms with Gasteiger partial charge in [-0.25, -0.2) is 4.79 Å². The Labute approximate surface area is 86.9 Å². The van der Waals surface area contributed by atoms with E-state index in [-0.39, 0.29) is 5.63 Å². The zero-order valence-electron chi connectivity index (χ0n) is 8.27. The summed E-state index contributed by atoms with van der Waals surface area (Å²) in [6.45, 7) is 0. The smallest absolute Gasteiger partial charge is 0.347 e. The highest BCUT2D eigenvalue weighted by Crippen LogP contribution is 2.25. The van der Waals surface area contributed by atoms with Crippen molar-refractivity contribution in [2.24, 2.45) is 0 Å². The van der Waals surface area contributed by atoms with Crippen molar-refractivity contribution in [3.8, 4) is 16.9 Å². The molecule has 0 amide bonds. The lowest BCUT2D eigenvalue weighted by molar-refractivity contribution is 0.404. The van der Waals surface area contributed by atoms with Crippen molar-refractivity contribution in [3.63, 3.8) is 0 Å². The molecule has 0 unspecified atom stereocenters. The minimum Gasteiger partial charge on any atom is -0.496 e. The third kappa shape index (κ3) is 1.76. The van der Waals surface area contributed by atoms with E-state index in [0.717, 1.165) is 5.56 Å². The van der Waals surface area contributed by atoms with Crippen LogP contribution in [-0.4, -0.2) is 7.11 Å². The molecule has 2 aromatic rings. The molecular weight excluding hydrogens is 192 g/mol. The van der Waals surface area contributed by atoms with Gasteiger partial charge in [-0.3, -0.25) is 0 Å². The van der Waals surface area contributed by atoms with Crippen LogP contribution in [0.3, 0.4) is 0 Å². The highest BCUT2D eigenvalue weighted by Gasteiger charge is 2.10. The molecule has 1 aromatic carbocycles. The summed E-state index contributed by atoms with van der Waals surface area (Å²) in [5.41, 5.74) is 0.866. The Morgan fingerprint density at radius 3 is 2.53 bits per heavy atom. The molecule has 0 atom stereocenters. The second kappa shape index (κ2) is 4.00. The fraction of sp³-hybridized carbons (Fsp3) is 0.0833. The van der Waals surface area contributed by atoms with E-state index >= 15 is 0 Å². The standard InChI is InChI=1S/C12H10O3/c1-14-10-7-8-15-12(13)11(10)9-5-3-2-4-6-9/h2-8H,1H3. The first-order valence-corrected chi connectivity index (χ1v) is 4.54. The van der Waals surface area contributed by atoms with E-state index in [1.165, 1.54) is 13.4 Å². The van der Waals surface area contributed by atoms with Crippen LogP contribution in [0.4, 0.5) is 0 Å². The summed E-state index contributed by atoms with van der Waals surface area (Å²) >= 11 is 0.